The molecule has 4 aliphatic rings. The van der Waals surface area contributed by atoms with E-state index in [2.05, 4.69) is 0 Å². The van der Waals surface area contributed by atoms with Gasteiger partial charge in [-0.1, -0.05) is 10.8 Å². The van der Waals surface area contributed by atoms with E-state index in [0.717, 1.165) is 23.1 Å². The van der Waals surface area contributed by atoms with E-state index in [-0.39, 0.29) is 27.8 Å². The number of fused-ring (bicyclic) bond motifs is 3. The van der Waals surface area contributed by atoms with E-state index < -0.39 is 5.41 Å². The van der Waals surface area contributed by atoms with Crippen LogP contribution in [0.25, 0.3) is 10.8 Å². The molecule has 1 aliphatic carbocycles. The molecule has 3 aliphatic heterocycles. The van der Waals surface area contributed by atoms with E-state index in [1.54, 1.807) is 6.07 Å². The van der Waals surface area contributed by atoms with Gasteiger partial charge in [-0.05, 0) is 40.8 Å². The van der Waals surface area contributed by atoms with Crippen LogP contribution in [0.3, 0.4) is 0 Å². The van der Waals surface area contributed by atoms with Gasteiger partial charge < -0.3 is 18.8 Å². The zero-order valence-corrected chi connectivity index (χ0v) is 17.0. The van der Waals surface area contributed by atoms with Gasteiger partial charge in [-0.3, -0.25) is 9.59 Å². The van der Waals surface area contributed by atoms with Crippen molar-refractivity contribution in [1.82, 2.24) is 4.57 Å². The molecular weight excluding hydrogens is 398 g/mol. The van der Waals surface area contributed by atoms with Crippen molar-refractivity contribution < 1.29 is 19.0 Å². The lowest BCUT2D eigenvalue weighted by atomic mass is 9.71. The molecule has 0 amide bonds. The minimum Gasteiger partial charge on any atom is -0.468 e. The second kappa shape index (κ2) is 5.79. The van der Waals surface area contributed by atoms with Gasteiger partial charge in [-0.2, -0.15) is 0 Å². The van der Waals surface area contributed by atoms with Gasteiger partial charge in [0.1, 0.15) is 5.41 Å². The summed E-state index contributed by atoms with van der Waals surface area (Å²) in [7, 11) is 3.64. The molecule has 1 aromatic heterocycles. The van der Waals surface area contributed by atoms with Gasteiger partial charge in [0.05, 0.1) is 12.5 Å². The number of hydrogen-bond acceptors (Lipinski definition) is 6. The summed E-state index contributed by atoms with van der Waals surface area (Å²) in [6.45, 7) is 0.723. The molecule has 0 bridgehead atoms. The van der Waals surface area contributed by atoms with Crippen LogP contribution in [0.4, 0.5) is 0 Å². The summed E-state index contributed by atoms with van der Waals surface area (Å²) in [6, 6.07) is 3.73. The number of carbonyl (C=O) groups is 1. The van der Waals surface area contributed by atoms with Crippen LogP contribution in [0.2, 0.25) is 0 Å². The molecular formula is C20H19NO5S2. The lowest BCUT2D eigenvalue weighted by molar-refractivity contribution is -0.147. The minimum atomic E-state index is -0.732. The molecule has 2 atom stereocenters. The van der Waals surface area contributed by atoms with Crippen LogP contribution in [-0.2, 0) is 27.9 Å². The van der Waals surface area contributed by atoms with Gasteiger partial charge in [-0.25, -0.2) is 0 Å². The van der Waals surface area contributed by atoms with Crippen molar-refractivity contribution >= 4 is 41.9 Å². The number of rotatable bonds is 1. The first kappa shape index (κ1) is 17.0. The van der Waals surface area contributed by atoms with Crippen LogP contribution in [-0.4, -0.2) is 40.8 Å². The fourth-order valence-corrected chi connectivity index (χ4v) is 8.41. The van der Waals surface area contributed by atoms with Gasteiger partial charge in [0.2, 0.25) is 6.79 Å². The van der Waals surface area contributed by atoms with Crippen molar-refractivity contribution in [3.05, 3.63) is 33.7 Å². The first-order chi connectivity index (χ1) is 13.6. The highest BCUT2D eigenvalue weighted by Gasteiger charge is 2.52. The highest BCUT2D eigenvalue weighted by Crippen LogP contribution is 2.52. The molecule has 1 fully saturated rings. The molecule has 146 valence electrons. The van der Waals surface area contributed by atoms with Crippen molar-refractivity contribution in [3.63, 3.8) is 0 Å². The SMILES string of the molecule is COC(=O)C12CCn3c1c(c1cc4c(cc1c3=O)OCO4)C/C(=S1/CCS1)C2. The number of nitrogens with zero attached hydrogens (tertiary/aromatic N) is 1. The van der Waals surface area contributed by atoms with Crippen molar-refractivity contribution in [1.29, 1.82) is 0 Å². The number of pyridine rings is 1. The Labute approximate surface area is 167 Å². The molecule has 0 radical (unpaired) electrons. The van der Waals surface area contributed by atoms with E-state index in [0.29, 0.717) is 36.3 Å². The molecule has 8 heteroatoms. The molecule has 2 aromatic rings. The number of carbonyl (C=O) groups excluding carboxylic acids is 1. The summed E-state index contributed by atoms with van der Waals surface area (Å²) in [5.74, 6) is 3.44. The zero-order valence-electron chi connectivity index (χ0n) is 15.4. The maximum absolute atomic E-state index is 13.3. The van der Waals surface area contributed by atoms with Gasteiger partial charge >= 0.3 is 5.97 Å². The number of aromatic nitrogens is 1. The Morgan fingerprint density at radius 3 is 2.71 bits per heavy atom. The fourth-order valence-electron chi connectivity index (χ4n) is 5.06. The average molecular weight is 418 g/mol. The predicted octanol–water partition coefficient (Wildman–Crippen LogP) is 2.59. The Morgan fingerprint density at radius 1 is 1.29 bits per heavy atom. The predicted molar refractivity (Wildman–Crippen MR) is 111 cm³/mol. The third-order valence-electron chi connectivity index (χ3n) is 6.35. The van der Waals surface area contributed by atoms with Gasteiger partial charge in [-0.15, -0.1) is 9.52 Å². The Hall–Kier alpha value is -1.93. The second-order valence-electron chi connectivity index (χ2n) is 7.62. The molecule has 4 heterocycles. The molecule has 1 aromatic carbocycles. The third kappa shape index (κ3) is 2.05. The standard InChI is InChI=1S/C20H19NO5S2/c1-24-19(23)20-2-3-21-17(20)13(6-11(9-20)28-5-4-27-28)12-7-15-16(26-10-25-15)8-14(12)18(21)22/h7-8H,2-6,9-10H2,1H3. The van der Waals surface area contributed by atoms with E-state index >= 15 is 0 Å². The van der Waals surface area contributed by atoms with Gasteiger partial charge in [0, 0.05) is 30.2 Å². The van der Waals surface area contributed by atoms with Crippen molar-refractivity contribution in [2.24, 2.45) is 0 Å². The number of hydrogen-bond donors (Lipinski definition) is 0. The summed E-state index contributed by atoms with van der Waals surface area (Å²) >= 11 is 0. The maximum Gasteiger partial charge on any atom is 0.318 e. The van der Waals surface area contributed by atoms with Crippen molar-refractivity contribution in [2.75, 3.05) is 25.4 Å². The quantitative estimate of drug-likeness (QED) is 0.404. The van der Waals surface area contributed by atoms with Gasteiger partial charge in [0.15, 0.2) is 11.5 Å². The summed E-state index contributed by atoms with van der Waals surface area (Å²) in [6.07, 6.45) is 2.15. The van der Waals surface area contributed by atoms with Gasteiger partial charge in [0.25, 0.3) is 5.56 Å². The summed E-state index contributed by atoms with van der Waals surface area (Å²) < 4.78 is 18.2. The molecule has 0 spiro atoms. The molecule has 6 nitrogen and oxygen atoms in total. The number of benzene rings is 1. The van der Waals surface area contributed by atoms with E-state index in [1.807, 2.05) is 21.4 Å². The maximum atomic E-state index is 13.3. The van der Waals surface area contributed by atoms with E-state index in [4.69, 9.17) is 14.2 Å². The Balaban J connectivity index is 1.71. The first-order valence-corrected chi connectivity index (χ1v) is 12.3. The number of esters is 1. The lowest BCUT2D eigenvalue weighted by Gasteiger charge is -2.37. The second-order valence-corrected chi connectivity index (χ2v) is 11.9. The molecule has 2 unspecified atom stereocenters. The Bertz CT molecular complexity index is 1160. The summed E-state index contributed by atoms with van der Waals surface area (Å²) in [4.78, 5) is 27.8. The summed E-state index contributed by atoms with van der Waals surface area (Å²) in [5.41, 5.74) is 1.18. The van der Waals surface area contributed by atoms with Crippen LogP contribution in [0.1, 0.15) is 24.1 Å². The van der Waals surface area contributed by atoms with Crippen LogP contribution >= 0.6 is 20.3 Å². The third-order valence-corrected chi connectivity index (χ3v) is 11.3. The van der Waals surface area contributed by atoms with Crippen LogP contribution in [0.5, 0.6) is 11.5 Å². The van der Waals surface area contributed by atoms with E-state index in [1.165, 1.54) is 23.5 Å². The van der Waals surface area contributed by atoms with Crippen molar-refractivity contribution in [3.8, 4) is 11.5 Å². The minimum absolute atomic E-state index is 0.0539. The molecule has 6 rings (SSSR count). The average Bonchev–Trinajstić information content (AvgIpc) is 3.28. The molecule has 1 saturated heterocycles. The number of methoxy groups -OCH3 is 1. The Morgan fingerprint density at radius 2 is 2.04 bits per heavy atom. The van der Waals surface area contributed by atoms with Crippen LogP contribution < -0.4 is 15.0 Å². The Kier molecular flexibility index (Phi) is 3.51. The first-order valence-electron chi connectivity index (χ1n) is 9.39. The monoisotopic (exact) mass is 417 g/mol. The van der Waals surface area contributed by atoms with Crippen LogP contribution in [0, 0.1) is 0 Å². The zero-order chi connectivity index (χ0) is 19.0. The lowest BCUT2D eigenvalue weighted by Crippen LogP contribution is -2.43. The molecule has 0 saturated carbocycles. The summed E-state index contributed by atoms with van der Waals surface area (Å²) in [5, 5.41) is 1.54. The molecule has 28 heavy (non-hydrogen) atoms. The fraction of sp³-hybridized carbons (Fsp3) is 0.450. The van der Waals surface area contributed by atoms with E-state index in [9.17, 15) is 9.59 Å². The largest absolute Gasteiger partial charge is 0.468 e. The van der Waals surface area contributed by atoms with Crippen LogP contribution in [0.15, 0.2) is 16.9 Å². The van der Waals surface area contributed by atoms with Crippen molar-refractivity contribution in [2.45, 2.75) is 31.2 Å². The normalized spacial score (nSPS) is 28.2. The highest BCUT2D eigenvalue weighted by molar-refractivity contribution is 8.86. The topological polar surface area (TPSA) is 66.8 Å². The highest BCUT2D eigenvalue weighted by atomic mass is 33.1. The number of ether oxygens (including phenoxy) is 3. The molecule has 0 N–H and O–H groups in total. The smallest absolute Gasteiger partial charge is 0.318 e.